The van der Waals surface area contributed by atoms with Gasteiger partial charge in [0.05, 0.1) is 5.51 Å². The second-order valence-corrected chi connectivity index (χ2v) is 5.25. The smallest absolute Gasteiger partial charge is 0.193 e. The van der Waals surface area contributed by atoms with Gasteiger partial charge in [0.25, 0.3) is 0 Å². The summed E-state index contributed by atoms with van der Waals surface area (Å²) in [4.78, 5) is 15.8. The molecule has 98 valence electrons. The summed E-state index contributed by atoms with van der Waals surface area (Å²) in [6, 6.07) is 15.7. The summed E-state index contributed by atoms with van der Waals surface area (Å²) in [5, 5.41) is 1.93. The van der Waals surface area contributed by atoms with E-state index in [1.807, 2.05) is 53.9 Å². The third-order valence-electron chi connectivity index (χ3n) is 3.25. The molecule has 0 N–H and O–H groups in total. The number of nitrogens with zero attached hydrogens (tertiary/aromatic N) is 1. The van der Waals surface area contributed by atoms with E-state index in [1.54, 1.807) is 23.0 Å². The van der Waals surface area contributed by atoms with Gasteiger partial charge in [-0.2, -0.15) is 0 Å². The maximum atomic E-state index is 12.1. The standard InChI is InChI=1S/C14H10O.C3H3NS/c15-14-12-7-3-1-5-10(12)9-11-6-2-4-8-13(11)14;1-2-5-3-4-1/h1-8H,9H2;1-3H. The fourth-order valence-electron chi connectivity index (χ4n) is 2.32. The highest BCUT2D eigenvalue weighted by molar-refractivity contribution is 7.07. The fourth-order valence-corrected chi connectivity index (χ4v) is 2.67. The zero-order chi connectivity index (χ0) is 13.8. The SMILES string of the molecule is O=C1c2ccccc2Cc2ccccc21.c1cscn1. The first kappa shape index (κ1) is 12.8. The van der Waals surface area contributed by atoms with E-state index >= 15 is 0 Å². The molecule has 0 aliphatic heterocycles. The maximum Gasteiger partial charge on any atom is 0.193 e. The highest BCUT2D eigenvalue weighted by Crippen LogP contribution is 2.26. The Hall–Kier alpha value is -2.26. The van der Waals surface area contributed by atoms with Crippen molar-refractivity contribution < 1.29 is 4.79 Å². The molecule has 0 spiro atoms. The molecule has 0 radical (unpaired) electrons. The van der Waals surface area contributed by atoms with Crippen LogP contribution >= 0.6 is 11.3 Å². The second-order valence-electron chi connectivity index (χ2n) is 4.50. The summed E-state index contributed by atoms with van der Waals surface area (Å²) in [5.74, 6) is 0.160. The Morgan fingerprint density at radius 3 is 1.95 bits per heavy atom. The first-order valence-corrected chi connectivity index (χ1v) is 7.33. The van der Waals surface area contributed by atoms with E-state index in [9.17, 15) is 4.79 Å². The Bertz CT molecular complexity index is 655. The van der Waals surface area contributed by atoms with Crippen LogP contribution in [0.5, 0.6) is 0 Å². The van der Waals surface area contributed by atoms with E-state index < -0.39 is 0 Å². The zero-order valence-corrected chi connectivity index (χ0v) is 11.6. The van der Waals surface area contributed by atoms with Gasteiger partial charge in [0.15, 0.2) is 5.78 Å². The van der Waals surface area contributed by atoms with Crippen molar-refractivity contribution in [1.82, 2.24) is 4.98 Å². The van der Waals surface area contributed by atoms with Gasteiger partial charge in [-0.25, -0.2) is 0 Å². The predicted molar refractivity (Wildman–Crippen MR) is 81.2 cm³/mol. The average Bonchev–Trinajstić information content (AvgIpc) is 3.07. The van der Waals surface area contributed by atoms with Crippen molar-refractivity contribution in [2.45, 2.75) is 6.42 Å². The van der Waals surface area contributed by atoms with Crippen molar-refractivity contribution in [1.29, 1.82) is 0 Å². The number of aromatic nitrogens is 1. The number of rotatable bonds is 0. The van der Waals surface area contributed by atoms with Crippen LogP contribution in [0.2, 0.25) is 0 Å². The molecule has 1 aliphatic carbocycles. The van der Waals surface area contributed by atoms with Gasteiger partial charge in [0.2, 0.25) is 0 Å². The molecule has 0 saturated carbocycles. The van der Waals surface area contributed by atoms with Crippen molar-refractivity contribution in [2.75, 3.05) is 0 Å². The van der Waals surface area contributed by atoms with Crippen LogP contribution in [-0.4, -0.2) is 10.8 Å². The van der Waals surface area contributed by atoms with Gasteiger partial charge in [-0.15, -0.1) is 11.3 Å². The number of hydrogen-bond donors (Lipinski definition) is 0. The Labute approximate surface area is 121 Å². The van der Waals surface area contributed by atoms with Gasteiger partial charge in [-0.1, -0.05) is 48.5 Å². The largest absolute Gasteiger partial charge is 0.289 e. The number of fused-ring (bicyclic) bond motifs is 2. The van der Waals surface area contributed by atoms with Gasteiger partial charge in [-0.3, -0.25) is 9.78 Å². The summed E-state index contributed by atoms with van der Waals surface area (Å²) >= 11 is 1.60. The van der Waals surface area contributed by atoms with Crippen LogP contribution < -0.4 is 0 Å². The van der Waals surface area contributed by atoms with E-state index in [1.165, 1.54) is 0 Å². The Morgan fingerprint density at radius 1 is 0.900 bits per heavy atom. The minimum absolute atomic E-state index is 0.160. The zero-order valence-electron chi connectivity index (χ0n) is 10.8. The van der Waals surface area contributed by atoms with Gasteiger partial charge in [-0.05, 0) is 17.5 Å². The van der Waals surface area contributed by atoms with Crippen molar-refractivity contribution in [2.24, 2.45) is 0 Å². The topological polar surface area (TPSA) is 30.0 Å². The molecule has 3 heteroatoms. The van der Waals surface area contributed by atoms with Gasteiger partial charge in [0.1, 0.15) is 0 Å². The van der Waals surface area contributed by atoms with E-state index in [4.69, 9.17) is 0 Å². The van der Waals surface area contributed by atoms with E-state index in [0.717, 1.165) is 28.7 Å². The van der Waals surface area contributed by atoms with Crippen LogP contribution in [-0.2, 0) is 6.42 Å². The molecular formula is C17H13NOS. The average molecular weight is 279 g/mol. The molecule has 20 heavy (non-hydrogen) atoms. The van der Waals surface area contributed by atoms with Crippen molar-refractivity contribution in [3.05, 3.63) is 87.9 Å². The fraction of sp³-hybridized carbons (Fsp3) is 0.0588. The van der Waals surface area contributed by atoms with Crippen LogP contribution in [0, 0.1) is 0 Å². The minimum atomic E-state index is 0.160. The summed E-state index contributed by atoms with van der Waals surface area (Å²) in [6.45, 7) is 0. The van der Waals surface area contributed by atoms with Crippen molar-refractivity contribution in [3.63, 3.8) is 0 Å². The quantitative estimate of drug-likeness (QED) is 0.487. The monoisotopic (exact) mass is 279 g/mol. The maximum absolute atomic E-state index is 12.1. The lowest BCUT2D eigenvalue weighted by Crippen LogP contribution is -2.14. The van der Waals surface area contributed by atoms with Crippen LogP contribution in [0.1, 0.15) is 27.0 Å². The van der Waals surface area contributed by atoms with Gasteiger partial charge >= 0.3 is 0 Å². The predicted octanol–water partition coefficient (Wildman–Crippen LogP) is 3.96. The molecule has 0 amide bonds. The second kappa shape index (κ2) is 5.80. The summed E-state index contributed by atoms with van der Waals surface area (Å²) in [5.41, 5.74) is 5.79. The number of carbonyl (C=O) groups excluding carboxylic acids is 1. The molecule has 1 aliphatic rings. The molecule has 3 aromatic rings. The lowest BCUT2D eigenvalue weighted by atomic mass is 9.85. The van der Waals surface area contributed by atoms with Crippen molar-refractivity contribution in [3.8, 4) is 0 Å². The molecule has 0 saturated heterocycles. The molecule has 1 aromatic heterocycles. The van der Waals surface area contributed by atoms with Crippen LogP contribution in [0.3, 0.4) is 0 Å². The number of hydrogen-bond acceptors (Lipinski definition) is 3. The lowest BCUT2D eigenvalue weighted by Gasteiger charge is -2.17. The first-order chi connectivity index (χ1) is 9.86. The number of ketones is 1. The first-order valence-electron chi connectivity index (χ1n) is 6.39. The van der Waals surface area contributed by atoms with Gasteiger partial charge < -0.3 is 0 Å². The summed E-state index contributed by atoms with van der Waals surface area (Å²) in [6.07, 6.45) is 2.64. The number of carbonyl (C=O) groups is 1. The highest BCUT2D eigenvalue weighted by atomic mass is 32.1. The molecule has 0 unspecified atom stereocenters. The lowest BCUT2D eigenvalue weighted by molar-refractivity contribution is 0.103. The minimum Gasteiger partial charge on any atom is -0.289 e. The molecule has 2 nitrogen and oxygen atoms in total. The molecule has 4 rings (SSSR count). The molecule has 1 heterocycles. The van der Waals surface area contributed by atoms with Gasteiger partial charge in [0, 0.05) is 22.7 Å². The van der Waals surface area contributed by atoms with Crippen molar-refractivity contribution >= 4 is 17.1 Å². The third-order valence-corrected chi connectivity index (χ3v) is 3.77. The Morgan fingerprint density at radius 2 is 1.50 bits per heavy atom. The molecule has 0 bridgehead atoms. The van der Waals surface area contributed by atoms with E-state index in [0.29, 0.717) is 0 Å². The van der Waals surface area contributed by atoms with Crippen LogP contribution in [0.25, 0.3) is 0 Å². The number of benzene rings is 2. The molecular weight excluding hydrogens is 266 g/mol. The number of thiazole rings is 1. The Kier molecular flexibility index (Phi) is 3.70. The Balaban J connectivity index is 0.000000205. The summed E-state index contributed by atoms with van der Waals surface area (Å²) in [7, 11) is 0. The van der Waals surface area contributed by atoms with E-state index in [2.05, 4.69) is 4.98 Å². The van der Waals surface area contributed by atoms with Crippen LogP contribution in [0.4, 0.5) is 0 Å². The molecule has 2 aromatic carbocycles. The normalized spacial score (nSPS) is 11.9. The highest BCUT2D eigenvalue weighted by Gasteiger charge is 2.21. The van der Waals surface area contributed by atoms with Crippen LogP contribution in [0.15, 0.2) is 65.6 Å². The third kappa shape index (κ3) is 2.53. The summed E-state index contributed by atoms with van der Waals surface area (Å²) < 4.78 is 0. The van der Waals surface area contributed by atoms with E-state index in [-0.39, 0.29) is 5.78 Å². The molecule has 0 atom stereocenters. The molecule has 0 fully saturated rings.